The Kier molecular flexibility index (Phi) is 6.14. The number of nitrogens with zero attached hydrogens (tertiary/aromatic N) is 3. The van der Waals surface area contributed by atoms with E-state index in [4.69, 9.17) is 4.74 Å². The van der Waals surface area contributed by atoms with Crippen molar-refractivity contribution >= 4 is 45.6 Å². The molecule has 1 fully saturated rings. The Morgan fingerprint density at radius 2 is 1.80 bits per heavy atom. The molecule has 0 saturated carbocycles. The first kappa shape index (κ1) is 23.7. The van der Waals surface area contributed by atoms with Crippen molar-refractivity contribution < 1.29 is 33.5 Å². The fraction of sp³-hybridized carbons (Fsp3) is 0.130. The Morgan fingerprint density at radius 1 is 1.17 bits per heavy atom. The first-order chi connectivity index (χ1) is 16.6. The Bertz CT molecular complexity index is 1400. The fourth-order valence-corrected chi connectivity index (χ4v) is 4.67. The summed E-state index contributed by atoms with van der Waals surface area (Å²) in [6, 6.07) is 8.51. The number of nitro groups is 1. The zero-order chi connectivity index (χ0) is 25.4. The van der Waals surface area contributed by atoms with Gasteiger partial charge in [0.05, 0.1) is 29.3 Å². The van der Waals surface area contributed by atoms with E-state index in [9.17, 15) is 34.0 Å². The number of ketones is 1. The Hall–Kier alpha value is -4.45. The maximum Gasteiger partial charge on any atom is 0.350 e. The van der Waals surface area contributed by atoms with Gasteiger partial charge in [0, 0.05) is 17.7 Å². The molecule has 1 atom stereocenters. The standard InChI is InChI=1S/C23H16FN3O7S/c1-11-20(22(31)34-2)35-23(25-11)26-17(12-5-9-15(10-6-12)27(32)33)16(19(29)21(26)30)18(28)13-3-7-14(24)8-4-13/h3-10,17,28H,1-2H3/b18-16+. The predicted octanol–water partition coefficient (Wildman–Crippen LogP) is 3.91. The number of ether oxygens (including phenoxy) is 1. The van der Waals surface area contributed by atoms with E-state index in [1.54, 1.807) is 0 Å². The molecule has 2 aromatic carbocycles. The minimum atomic E-state index is -1.23. The van der Waals surface area contributed by atoms with E-state index < -0.39 is 40.2 Å². The Morgan fingerprint density at radius 3 is 2.37 bits per heavy atom. The minimum absolute atomic E-state index is 0.00786. The highest BCUT2D eigenvalue weighted by atomic mass is 32.1. The Labute approximate surface area is 201 Å². The van der Waals surface area contributed by atoms with Crippen molar-refractivity contribution in [3.8, 4) is 0 Å². The number of Topliss-reactive ketones (excluding diaryl/α,β-unsaturated/α-hetero) is 1. The maximum atomic E-state index is 13.4. The van der Waals surface area contributed by atoms with Crippen molar-refractivity contribution in [2.45, 2.75) is 13.0 Å². The van der Waals surface area contributed by atoms with E-state index in [0.717, 1.165) is 28.4 Å². The number of benzene rings is 2. The molecule has 3 aromatic rings. The highest BCUT2D eigenvalue weighted by Gasteiger charge is 2.48. The Balaban J connectivity index is 1.93. The largest absolute Gasteiger partial charge is 0.507 e. The number of non-ortho nitro benzene ring substituents is 1. The van der Waals surface area contributed by atoms with Gasteiger partial charge in [-0.3, -0.25) is 24.6 Å². The number of carbonyl (C=O) groups excluding carboxylic acids is 3. The van der Waals surface area contributed by atoms with Gasteiger partial charge in [0.1, 0.15) is 16.5 Å². The summed E-state index contributed by atoms with van der Waals surface area (Å²) in [7, 11) is 1.19. The molecule has 1 aliphatic heterocycles. The van der Waals surface area contributed by atoms with Gasteiger partial charge in [-0.05, 0) is 48.9 Å². The van der Waals surface area contributed by atoms with Gasteiger partial charge in [0.15, 0.2) is 5.13 Å². The first-order valence-corrected chi connectivity index (χ1v) is 10.8. The number of amides is 1. The number of aliphatic hydroxyl groups is 1. The quantitative estimate of drug-likeness (QED) is 0.140. The molecule has 1 aromatic heterocycles. The van der Waals surface area contributed by atoms with E-state index in [2.05, 4.69) is 4.98 Å². The van der Waals surface area contributed by atoms with Crippen LogP contribution in [0.4, 0.5) is 15.2 Å². The number of hydrogen-bond acceptors (Lipinski definition) is 9. The molecular weight excluding hydrogens is 481 g/mol. The van der Waals surface area contributed by atoms with Crippen LogP contribution < -0.4 is 4.90 Å². The second kappa shape index (κ2) is 9.06. The second-order valence-corrected chi connectivity index (χ2v) is 8.40. The van der Waals surface area contributed by atoms with Crippen molar-refractivity contribution in [3.05, 3.63) is 91.7 Å². The molecule has 1 amide bonds. The van der Waals surface area contributed by atoms with E-state index in [1.165, 1.54) is 50.4 Å². The topological polar surface area (TPSA) is 140 Å². The van der Waals surface area contributed by atoms with Gasteiger partial charge in [-0.25, -0.2) is 14.2 Å². The van der Waals surface area contributed by atoms with Crippen LogP contribution in [-0.2, 0) is 14.3 Å². The zero-order valence-electron chi connectivity index (χ0n) is 18.2. The van der Waals surface area contributed by atoms with Crippen molar-refractivity contribution in [3.63, 3.8) is 0 Å². The average molecular weight is 497 g/mol. The number of thiazole rings is 1. The molecule has 35 heavy (non-hydrogen) atoms. The average Bonchev–Trinajstić information content (AvgIpc) is 3.35. The van der Waals surface area contributed by atoms with Crippen LogP contribution in [0.5, 0.6) is 0 Å². The normalized spacial score (nSPS) is 17.0. The van der Waals surface area contributed by atoms with E-state index in [1.807, 2.05) is 0 Å². The molecule has 10 nitrogen and oxygen atoms in total. The van der Waals surface area contributed by atoms with Crippen molar-refractivity contribution in [2.24, 2.45) is 0 Å². The molecule has 0 radical (unpaired) electrons. The first-order valence-electron chi connectivity index (χ1n) is 10.0. The number of anilines is 1. The van der Waals surface area contributed by atoms with Crippen LogP contribution in [0.3, 0.4) is 0 Å². The number of rotatable bonds is 5. The predicted molar refractivity (Wildman–Crippen MR) is 122 cm³/mol. The van der Waals surface area contributed by atoms with Gasteiger partial charge >= 0.3 is 11.9 Å². The van der Waals surface area contributed by atoms with Crippen LogP contribution in [0.15, 0.2) is 54.1 Å². The second-order valence-electron chi connectivity index (χ2n) is 7.43. The summed E-state index contributed by atoms with van der Waals surface area (Å²) in [5, 5.41) is 22.1. The highest BCUT2D eigenvalue weighted by molar-refractivity contribution is 7.17. The zero-order valence-corrected chi connectivity index (χ0v) is 19.0. The van der Waals surface area contributed by atoms with Crippen LogP contribution in [0, 0.1) is 22.9 Å². The molecule has 1 unspecified atom stereocenters. The number of methoxy groups -OCH3 is 1. The maximum absolute atomic E-state index is 13.4. The lowest BCUT2D eigenvalue weighted by Gasteiger charge is -2.22. The van der Waals surface area contributed by atoms with Gasteiger partial charge in [0.2, 0.25) is 0 Å². The summed E-state index contributed by atoms with van der Waals surface area (Å²) in [4.78, 5) is 54.2. The summed E-state index contributed by atoms with van der Waals surface area (Å²) in [6.07, 6.45) is 0. The van der Waals surface area contributed by atoms with Crippen molar-refractivity contribution in [1.82, 2.24) is 4.98 Å². The lowest BCUT2D eigenvalue weighted by Crippen LogP contribution is -2.29. The monoisotopic (exact) mass is 497 g/mol. The third-order valence-corrected chi connectivity index (χ3v) is 6.48. The summed E-state index contributed by atoms with van der Waals surface area (Å²) >= 11 is 0.818. The van der Waals surface area contributed by atoms with E-state index in [-0.39, 0.29) is 38.1 Å². The number of nitro benzene ring substituents is 1. The molecule has 4 rings (SSSR count). The lowest BCUT2D eigenvalue weighted by molar-refractivity contribution is -0.384. The molecule has 12 heteroatoms. The van der Waals surface area contributed by atoms with Crippen LogP contribution in [0.1, 0.15) is 32.5 Å². The number of aliphatic hydroxyl groups excluding tert-OH is 1. The SMILES string of the molecule is COC(=O)c1sc(N2C(=O)C(=O)/C(=C(/O)c3ccc(F)cc3)C2c2ccc([N+](=O)[O-])cc2)nc1C. The minimum Gasteiger partial charge on any atom is -0.507 e. The molecular formula is C23H16FN3O7S. The van der Waals surface area contributed by atoms with Crippen LogP contribution in [0.25, 0.3) is 5.76 Å². The van der Waals surface area contributed by atoms with Crippen LogP contribution in [-0.4, -0.2) is 39.8 Å². The van der Waals surface area contributed by atoms with Crippen molar-refractivity contribution in [2.75, 3.05) is 12.0 Å². The van der Waals surface area contributed by atoms with Gasteiger partial charge in [0.25, 0.3) is 11.5 Å². The molecule has 0 bridgehead atoms. The van der Waals surface area contributed by atoms with Gasteiger partial charge in [-0.15, -0.1) is 0 Å². The number of halogens is 1. The van der Waals surface area contributed by atoms with Crippen LogP contribution >= 0.6 is 11.3 Å². The van der Waals surface area contributed by atoms with Crippen molar-refractivity contribution in [1.29, 1.82) is 0 Å². The van der Waals surface area contributed by atoms with Gasteiger partial charge in [-0.1, -0.05) is 11.3 Å². The van der Waals surface area contributed by atoms with Gasteiger partial charge in [-0.2, -0.15) is 0 Å². The molecule has 2 heterocycles. The molecule has 1 aliphatic rings. The van der Waals surface area contributed by atoms with E-state index in [0.29, 0.717) is 0 Å². The third kappa shape index (κ3) is 4.15. The summed E-state index contributed by atoms with van der Waals surface area (Å²) in [5.74, 6) is -3.87. The molecule has 0 aliphatic carbocycles. The molecule has 178 valence electrons. The number of aryl methyl sites for hydroxylation is 1. The van der Waals surface area contributed by atoms with Crippen LogP contribution in [0.2, 0.25) is 0 Å². The number of esters is 1. The number of aromatic nitrogens is 1. The number of hydrogen-bond donors (Lipinski definition) is 1. The summed E-state index contributed by atoms with van der Waals surface area (Å²) < 4.78 is 18.1. The highest BCUT2D eigenvalue weighted by Crippen LogP contribution is 2.44. The van der Waals surface area contributed by atoms with Gasteiger partial charge < -0.3 is 9.84 Å². The molecule has 1 saturated heterocycles. The molecule has 1 N–H and O–H groups in total. The smallest absolute Gasteiger partial charge is 0.350 e. The van der Waals surface area contributed by atoms with E-state index >= 15 is 0 Å². The summed E-state index contributed by atoms with van der Waals surface area (Å²) in [5.41, 5.74) is 0.0813. The fourth-order valence-electron chi connectivity index (χ4n) is 3.65. The summed E-state index contributed by atoms with van der Waals surface area (Å²) in [6.45, 7) is 1.53. The third-order valence-electron chi connectivity index (χ3n) is 5.34. The number of carbonyl (C=O) groups is 3. The lowest BCUT2D eigenvalue weighted by atomic mass is 9.95. The molecule has 0 spiro atoms.